The summed E-state index contributed by atoms with van der Waals surface area (Å²) in [5.41, 5.74) is -0.121. The first kappa shape index (κ1) is 14.5. The van der Waals surface area contributed by atoms with E-state index in [0.717, 1.165) is 5.56 Å². The summed E-state index contributed by atoms with van der Waals surface area (Å²) in [6, 6.07) is 9.02. The first-order valence-corrected chi connectivity index (χ1v) is 6.93. The highest BCUT2D eigenvalue weighted by atomic mass is 16.5. The average Bonchev–Trinajstić information content (AvgIpc) is 2.73. The molecule has 0 bridgehead atoms. The first-order valence-electron chi connectivity index (χ1n) is 6.93. The normalized spacial score (nSPS) is 22.2. The third kappa shape index (κ3) is 2.41. The predicted molar refractivity (Wildman–Crippen MR) is 75.1 cm³/mol. The van der Waals surface area contributed by atoms with Crippen LogP contribution in [0.3, 0.4) is 0 Å². The molecule has 2 rings (SSSR count). The summed E-state index contributed by atoms with van der Waals surface area (Å²) >= 11 is 0. The SMILES string of the molecule is CCOCCN1C(=O)N[C@](CC)(c2ccccc2)C1=O. The van der Waals surface area contributed by atoms with Gasteiger partial charge in [-0.15, -0.1) is 0 Å². The third-order valence-corrected chi connectivity index (χ3v) is 3.64. The Balaban J connectivity index is 2.24. The van der Waals surface area contributed by atoms with Crippen molar-refractivity contribution >= 4 is 11.9 Å². The van der Waals surface area contributed by atoms with Crippen LogP contribution >= 0.6 is 0 Å². The predicted octanol–water partition coefficient (Wildman–Crippen LogP) is 1.88. The first-order chi connectivity index (χ1) is 9.65. The van der Waals surface area contributed by atoms with Gasteiger partial charge in [0.1, 0.15) is 5.54 Å². The van der Waals surface area contributed by atoms with Crippen molar-refractivity contribution in [1.82, 2.24) is 10.2 Å². The third-order valence-electron chi connectivity index (χ3n) is 3.64. The topological polar surface area (TPSA) is 58.6 Å². The van der Waals surface area contributed by atoms with E-state index in [1.165, 1.54) is 4.90 Å². The fourth-order valence-electron chi connectivity index (χ4n) is 2.49. The number of rotatable bonds is 6. The molecule has 1 aliphatic rings. The lowest BCUT2D eigenvalue weighted by Crippen LogP contribution is -2.43. The van der Waals surface area contributed by atoms with Crippen molar-refractivity contribution in [3.63, 3.8) is 0 Å². The number of hydrogen-bond acceptors (Lipinski definition) is 3. The van der Waals surface area contributed by atoms with Crippen molar-refractivity contribution in [3.05, 3.63) is 35.9 Å². The Morgan fingerprint density at radius 2 is 1.90 bits per heavy atom. The number of urea groups is 1. The van der Waals surface area contributed by atoms with Crippen molar-refractivity contribution in [1.29, 1.82) is 0 Å². The van der Waals surface area contributed by atoms with Crippen LogP contribution in [-0.4, -0.2) is 36.6 Å². The van der Waals surface area contributed by atoms with Gasteiger partial charge in [-0.2, -0.15) is 0 Å². The molecule has 0 spiro atoms. The van der Waals surface area contributed by atoms with Gasteiger partial charge in [0.15, 0.2) is 0 Å². The molecule has 1 aromatic rings. The lowest BCUT2D eigenvalue weighted by atomic mass is 9.87. The number of nitrogens with zero attached hydrogens (tertiary/aromatic N) is 1. The molecule has 1 fully saturated rings. The zero-order valence-electron chi connectivity index (χ0n) is 11.9. The highest BCUT2D eigenvalue weighted by Crippen LogP contribution is 2.32. The van der Waals surface area contributed by atoms with E-state index in [-0.39, 0.29) is 18.5 Å². The summed E-state index contributed by atoms with van der Waals surface area (Å²) in [6.07, 6.45) is 0.521. The number of hydrogen-bond donors (Lipinski definition) is 1. The Hall–Kier alpha value is -1.88. The van der Waals surface area contributed by atoms with Crippen molar-refractivity contribution in [2.45, 2.75) is 25.8 Å². The van der Waals surface area contributed by atoms with Gasteiger partial charge < -0.3 is 10.1 Å². The summed E-state index contributed by atoms with van der Waals surface area (Å²) in [4.78, 5) is 26.0. The molecule has 1 aromatic carbocycles. The molecule has 108 valence electrons. The standard InChI is InChI=1S/C15H20N2O3/c1-3-15(12-8-6-5-7-9-12)13(18)17(14(19)16-15)10-11-20-4-2/h5-9H,3-4,10-11H2,1-2H3,(H,16,19)/t15-/m1/s1. The van der Waals surface area contributed by atoms with Crippen LogP contribution in [-0.2, 0) is 15.1 Å². The molecule has 1 saturated heterocycles. The fraction of sp³-hybridized carbons (Fsp3) is 0.467. The highest BCUT2D eigenvalue weighted by Gasteiger charge is 2.50. The fourth-order valence-corrected chi connectivity index (χ4v) is 2.49. The maximum absolute atomic E-state index is 12.7. The van der Waals surface area contributed by atoms with E-state index in [4.69, 9.17) is 4.74 Å². The van der Waals surface area contributed by atoms with Crippen LogP contribution in [0.2, 0.25) is 0 Å². The van der Waals surface area contributed by atoms with Gasteiger partial charge in [0.05, 0.1) is 13.2 Å². The minimum Gasteiger partial charge on any atom is -0.380 e. The summed E-state index contributed by atoms with van der Waals surface area (Å²) < 4.78 is 5.23. The van der Waals surface area contributed by atoms with Gasteiger partial charge >= 0.3 is 6.03 Å². The van der Waals surface area contributed by atoms with Crippen LogP contribution in [0.15, 0.2) is 30.3 Å². The van der Waals surface area contributed by atoms with Gasteiger partial charge in [-0.1, -0.05) is 37.3 Å². The van der Waals surface area contributed by atoms with E-state index < -0.39 is 5.54 Å². The van der Waals surface area contributed by atoms with E-state index in [0.29, 0.717) is 19.6 Å². The molecule has 20 heavy (non-hydrogen) atoms. The van der Waals surface area contributed by atoms with E-state index in [9.17, 15) is 9.59 Å². The molecular formula is C15H20N2O3. The Labute approximate surface area is 118 Å². The Morgan fingerprint density at radius 1 is 1.20 bits per heavy atom. The largest absolute Gasteiger partial charge is 0.380 e. The molecule has 1 N–H and O–H groups in total. The minimum atomic E-state index is -0.940. The van der Waals surface area contributed by atoms with Crippen molar-refractivity contribution in [2.24, 2.45) is 0 Å². The van der Waals surface area contributed by atoms with Gasteiger partial charge in [-0.3, -0.25) is 9.69 Å². The molecule has 0 saturated carbocycles. The summed E-state index contributed by atoms with van der Waals surface area (Å²) in [5, 5.41) is 2.84. The number of carbonyl (C=O) groups is 2. The smallest absolute Gasteiger partial charge is 0.325 e. The molecule has 0 unspecified atom stereocenters. The number of nitrogens with one attached hydrogen (secondary N) is 1. The van der Waals surface area contributed by atoms with Crippen LogP contribution in [0.5, 0.6) is 0 Å². The van der Waals surface area contributed by atoms with Gasteiger partial charge in [0.2, 0.25) is 0 Å². The number of carbonyl (C=O) groups excluding carboxylic acids is 2. The van der Waals surface area contributed by atoms with Crippen LogP contribution in [0.25, 0.3) is 0 Å². The monoisotopic (exact) mass is 276 g/mol. The molecule has 5 nitrogen and oxygen atoms in total. The van der Waals surface area contributed by atoms with Crippen LogP contribution < -0.4 is 5.32 Å². The maximum atomic E-state index is 12.7. The Morgan fingerprint density at radius 3 is 2.50 bits per heavy atom. The number of ether oxygens (including phenoxy) is 1. The zero-order valence-corrected chi connectivity index (χ0v) is 11.9. The van der Waals surface area contributed by atoms with Crippen LogP contribution in [0, 0.1) is 0 Å². The molecule has 0 aliphatic carbocycles. The molecule has 0 radical (unpaired) electrons. The van der Waals surface area contributed by atoms with E-state index in [1.54, 1.807) is 0 Å². The lowest BCUT2D eigenvalue weighted by molar-refractivity contribution is -0.132. The van der Waals surface area contributed by atoms with Crippen LogP contribution in [0.4, 0.5) is 4.79 Å². The Kier molecular flexibility index (Phi) is 4.39. The van der Waals surface area contributed by atoms with Gasteiger partial charge in [-0.25, -0.2) is 4.79 Å². The van der Waals surface area contributed by atoms with E-state index in [1.807, 2.05) is 44.2 Å². The average molecular weight is 276 g/mol. The van der Waals surface area contributed by atoms with E-state index >= 15 is 0 Å². The van der Waals surface area contributed by atoms with Crippen molar-refractivity contribution in [2.75, 3.05) is 19.8 Å². The second-order valence-corrected chi connectivity index (χ2v) is 4.71. The van der Waals surface area contributed by atoms with Gasteiger partial charge in [0.25, 0.3) is 5.91 Å². The molecule has 3 amide bonds. The van der Waals surface area contributed by atoms with Crippen molar-refractivity contribution < 1.29 is 14.3 Å². The zero-order chi connectivity index (χ0) is 14.6. The highest BCUT2D eigenvalue weighted by molar-refractivity contribution is 6.07. The molecule has 0 aromatic heterocycles. The molecule has 5 heteroatoms. The summed E-state index contributed by atoms with van der Waals surface area (Å²) in [5.74, 6) is -0.198. The number of amides is 3. The van der Waals surface area contributed by atoms with Crippen LogP contribution in [0.1, 0.15) is 25.8 Å². The maximum Gasteiger partial charge on any atom is 0.325 e. The quantitative estimate of drug-likeness (QED) is 0.637. The Bertz CT molecular complexity index is 489. The lowest BCUT2D eigenvalue weighted by Gasteiger charge is -2.25. The van der Waals surface area contributed by atoms with E-state index in [2.05, 4.69) is 5.32 Å². The number of imide groups is 1. The second-order valence-electron chi connectivity index (χ2n) is 4.71. The van der Waals surface area contributed by atoms with Gasteiger partial charge in [0, 0.05) is 6.61 Å². The molecule has 1 atom stereocenters. The van der Waals surface area contributed by atoms with Gasteiger partial charge in [-0.05, 0) is 18.9 Å². The summed E-state index contributed by atoms with van der Waals surface area (Å²) in [6.45, 7) is 5.00. The molecule has 1 aliphatic heterocycles. The molecular weight excluding hydrogens is 256 g/mol. The summed E-state index contributed by atoms with van der Waals surface area (Å²) in [7, 11) is 0. The minimum absolute atomic E-state index is 0.198. The second kappa shape index (κ2) is 6.05. The van der Waals surface area contributed by atoms with Crippen molar-refractivity contribution in [3.8, 4) is 0 Å². The molecule has 1 heterocycles. The number of benzene rings is 1.